The Bertz CT molecular complexity index is 736. The molecule has 0 spiro atoms. The van der Waals surface area contributed by atoms with Crippen molar-refractivity contribution in [3.63, 3.8) is 0 Å². The monoisotopic (exact) mass is 328 g/mol. The van der Waals surface area contributed by atoms with E-state index in [0.717, 1.165) is 30.6 Å². The molecule has 6 nitrogen and oxygen atoms in total. The van der Waals surface area contributed by atoms with E-state index in [1.807, 2.05) is 24.0 Å². The van der Waals surface area contributed by atoms with Gasteiger partial charge in [0.2, 0.25) is 5.91 Å². The Kier molecular flexibility index (Phi) is 4.64. The molecule has 24 heavy (non-hydrogen) atoms. The van der Waals surface area contributed by atoms with Crippen LogP contribution < -0.4 is 0 Å². The fourth-order valence-corrected chi connectivity index (χ4v) is 3.13. The fourth-order valence-electron chi connectivity index (χ4n) is 3.13. The van der Waals surface area contributed by atoms with Gasteiger partial charge in [0.05, 0.1) is 17.7 Å². The van der Waals surface area contributed by atoms with Crippen LogP contribution >= 0.6 is 0 Å². The fraction of sp³-hybridized carbons (Fsp3) is 0.389. The van der Waals surface area contributed by atoms with Gasteiger partial charge in [0.25, 0.3) is 0 Å². The SMILES string of the molecule is Cc1cc(CC(=O)N2CCCC(c3ccc(C(=O)O)cc3)C2)on1. The molecule has 0 radical (unpaired) electrons. The molecule has 0 saturated carbocycles. The molecule has 126 valence electrons. The average Bonchev–Trinajstić information content (AvgIpc) is 3.00. The van der Waals surface area contributed by atoms with Gasteiger partial charge >= 0.3 is 5.97 Å². The second-order valence-corrected chi connectivity index (χ2v) is 6.22. The number of carboxylic acids is 1. The molecule has 1 aliphatic rings. The summed E-state index contributed by atoms with van der Waals surface area (Å²) in [4.78, 5) is 25.3. The average molecular weight is 328 g/mol. The third-order valence-corrected chi connectivity index (χ3v) is 4.41. The van der Waals surface area contributed by atoms with Crippen LogP contribution in [0, 0.1) is 6.92 Å². The van der Waals surface area contributed by atoms with E-state index >= 15 is 0 Å². The molecule has 2 heterocycles. The maximum Gasteiger partial charge on any atom is 0.335 e. The highest BCUT2D eigenvalue weighted by Gasteiger charge is 2.25. The van der Waals surface area contributed by atoms with Gasteiger partial charge < -0.3 is 14.5 Å². The molecule has 1 unspecified atom stereocenters. The van der Waals surface area contributed by atoms with Gasteiger partial charge in [-0.2, -0.15) is 0 Å². The van der Waals surface area contributed by atoms with E-state index in [4.69, 9.17) is 9.63 Å². The molecule has 3 rings (SSSR count). The Balaban J connectivity index is 1.65. The Morgan fingerprint density at radius 1 is 1.33 bits per heavy atom. The van der Waals surface area contributed by atoms with Crippen molar-refractivity contribution in [3.05, 3.63) is 52.9 Å². The smallest absolute Gasteiger partial charge is 0.335 e. The zero-order valence-electron chi connectivity index (χ0n) is 13.6. The summed E-state index contributed by atoms with van der Waals surface area (Å²) in [5.74, 6) is -0.0604. The van der Waals surface area contributed by atoms with Crippen molar-refractivity contribution in [1.82, 2.24) is 10.1 Å². The van der Waals surface area contributed by atoms with E-state index in [-0.39, 0.29) is 23.8 Å². The van der Waals surface area contributed by atoms with Crippen LogP contribution in [0.25, 0.3) is 0 Å². The predicted octanol–water partition coefficient (Wildman–Crippen LogP) is 2.63. The number of piperidine rings is 1. The summed E-state index contributed by atoms with van der Waals surface area (Å²) in [5, 5.41) is 12.8. The van der Waals surface area contributed by atoms with E-state index in [2.05, 4.69) is 5.16 Å². The number of nitrogens with zero attached hydrogens (tertiary/aromatic N) is 2. The maximum atomic E-state index is 12.5. The van der Waals surface area contributed by atoms with Crippen molar-refractivity contribution < 1.29 is 19.2 Å². The normalized spacial score (nSPS) is 17.7. The molecule has 0 aliphatic carbocycles. The Morgan fingerprint density at radius 2 is 2.08 bits per heavy atom. The summed E-state index contributed by atoms with van der Waals surface area (Å²) >= 11 is 0. The minimum Gasteiger partial charge on any atom is -0.478 e. The van der Waals surface area contributed by atoms with E-state index in [1.54, 1.807) is 18.2 Å². The van der Waals surface area contributed by atoms with E-state index < -0.39 is 5.97 Å². The van der Waals surface area contributed by atoms with Crippen LogP contribution in [0.4, 0.5) is 0 Å². The Hall–Kier alpha value is -2.63. The van der Waals surface area contributed by atoms with Crippen molar-refractivity contribution in [1.29, 1.82) is 0 Å². The van der Waals surface area contributed by atoms with Crippen molar-refractivity contribution in [2.45, 2.75) is 32.1 Å². The molecule has 1 saturated heterocycles. The number of aromatic nitrogens is 1. The van der Waals surface area contributed by atoms with Crippen LogP contribution in [-0.4, -0.2) is 40.1 Å². The van der Waals surface area contributed by atoms with Crippen molar-refractivity contribution in [2.24, 2.45) is 0 Å². The third kappa shape index (κ3) is 3.64. The number of likely N-dealkylation sites (tertiary alicyclic amines) is 1. The van der Waals surface area contributed by atoms with Gasteiger partial charge in [-0.25, -0.2) is 4.79 Å². The number of carboxylic acid groups (broad SMARTS) is 1. The lowest BCUT2D eigenvalue weighted by atomic mass is 9.90. The quantitative estimate of drug-likeness (QED) is 0.933. The lowest BCUT2D eigenvalue weighted by Crippen LogP contribution is -2.39. The topological polar surface area (TPSA) is 83.6 Å². The van der Waals surface area contributed by atoms with Gasteiger partial charge in [0.1, 0.15) is 5.76 Å². The maximum absolute atomic E-state index is 12.5. The molecule has 1 aliphatic heterocycles. The first-order chi connectivity index (χ1) is 11.5. The number of hydrogen-bond acceptors (Lipinski definition) is 4. The summed E-state index contributed by atoms with van der Waals surface area (Å²) in [6, 6.07) is 8.72. The van der Waals surface area contributed by atoms with Crippen LogP contribution in [0.1, 0.15) is 46.1 Å². The molecule has 1 aromatic heterocycles. The first-order valence-corrected chi connectivity index (χ1v) is 8.06. The molecule has 1 fully saturated rings. The second-order valence-electron chi connectivity index (χ2n) is 6.22. The van der Waals surface area contributed by atoms with Gasteiger partial charge in [-0.3, -0.25) is 4.79 Å². The van der Waals surface area contributed by atoms with Gasteiger partial charge in [-0.1, -0.05) is 17.3 Å². The molecular weight excluding hydrogens is 308 g/mol. The largest absolute Gasteiger partial charge is 0.478 e. The molecular formula is C18H20N2O4. The van der Waals surface area contributed by atoms with Crippen LogP contribution in [-0.2, 0) is 11.2 Å². The number of hydrogen-bond donors (Lipinski definition) is 1. The summed E-state index contributed by atoms with van der Waals surface area (Å²) in [5.41, 5.74) is 2.13. The minimum atomic E-state index is -0.927. The lowest BCUT2D eigenvalue weighted by molar-refractivity contribution is -0.132. The van der Waals surface area contributed by atoms with Gasteiger partial charge in [-0.05, 0) is 37.5 Å². The van der Waals surface area contributed by atoms with Crippen LogP contribution in [0.5, 0.6) is 0 Å². The highest BCUT2D eigenvalue weighted by molar-refractivity contribution is 5.87. The van der Waals surface area contributed by atoms with E-state index in [0.29, 0.717) is 12.3 Å². The van der Waals surface area contributed by atoms with Crippen LogP contribution in [0.3, 0.4) is 0 Å². The second kappa shape index (κ2) is 6.86. The highest BCUT2D eigenvalue weighted by atomic mass is 16.5. The van der Waals surface area contributed by atoms with Crippen LogP contribution in [0.2, 0.25) is 0 Å². The molecule has 0 bridgehead atoms. The van der Waals surface area contributed by atoms with Gasteiger partial charge in [0, 0.05) is 25.1 Å². The highest BCUT2D eigenvalue weighted by Crippen LogP contribution is 2.27. The standard InChI is InChI=1S/C18H20N2O4/c1-12-9-16(24-19-12)10-17(21)20-8-2-3-15(11-20)13-4-6-14(7-5-13)18(22)23/h4-7,9,15H,2-3,8,10-11H2,1H3,(H,22,23). The molecule has 2 aromatic rings. The summed E-state index contributed by atoms with van der Waals surface area (Å²) in [6.07, 6.45) is 2.16. The first-order valence-electron chi connectivity index (χ1n) is 8.06. The number of amides is 1. The number of aryl methyl sites for hydroxylation is 1. The third-order valence-electron chi connectivity index (χ3n) is 4.41. The van der Waals surface area contributed by atoms with E-state index in [1.165, 1.54) is 0 Å². The molecule has 1 atom stereocenters. The number of rotatable bonds is 4. The van der Waals surface area contributed by atoms with Crippen molar-refractivity contribution >= 4 is 11.9 Å². The number of carbonyl (C=O) groups is 2. The van der Waals surface area contributed by atoms with Crippen molar-refractivity contribution in [3.8, 4) is 0 Å². The van der Waals surface area contributed by atoms with Crippen molar-refractivity contribution in [2.75, 3.05) is 13.1 Å². The molecule has 6 heteroatoms. The predicted molar refractivity (Wildman–Crippen MR) is 86.9 cm³/mol. The summed E-state index contributed by atoms with van der Waals surface area (Å²) in [6.45, 7) is 3.23. The number of benzene rings is 1. The zero-order valence-corrected chi connectivity index (χ0v) is 13.6. The summed E-state index contributed by atoms with van der Waals surface area (Å²) in [7, 11) is 0. The van der Waals surface area contributed by atoms with Gasteiger partial charge in [-0.15, -0.1) is 0 Å². The zero-order chi connectivity index (χ0) is 17.1. The number of carbonyl (C=O) groups excluding carboxylic acids is 1. The Labute approximate surface area is 140 Å². The first kappa shape index (κ1) is 16.2. The van der Waals surface area contributed by atoms with E-state index in [9.17, 15) is 9.59 Å². The van der Waals surface area contributed by atoms with Crippen LogP contribution in [0.15, 0.2) is 34.9 Å². The Morgan fingerprint density at radius 3 is 2.71 bits per heavy atom. The molecule has 1 amide bonds. The summed E-state index contributed by atoms with van der Waals surface area (Å²) < 4.78 is 5.12. The lowest BCUT2D eigenvalue weighted by Gasteiger charge is -2.33. The molecule has 1 N–H and O–H groups in total. The van der Waals surface area contributed by atoms with Gasteiger partial charge in [0.15, 0.2) is 0 Å². The molecule has 1 aromatic carbocycles. The minimum absolute atomic E-state index is 0.0398. The number of aromatic carboxylic acids is 1.